The topological polar surface area (TPSA) is 137 Å². The Hall–Kier alpha value is -3.02. The summed E-state index contributed by atoms with van der Waals surface area (Å²) < 4.78 is 0. The molecule has 0 aromatic heterocycles. The van der Waals surface area contributed by atoms with Crippen LogP contribution in [-0.4, -0.2) is 79.7 Å². The minimum absolute atomic E-state index is 0.0501. The Bertz CT molecular complexity index is 1120. The molecule has 10 nitrogen and oxygen atoms in total. The van der Waals surface area contributed by atoms with Crippen molar-refractivity contribution in [1.82, 2.24) is 20.4 Å². The third kappa shape index (κ3) is 7.99. The fourth-order valence-corrected chi connectivity index (χ4v) is 5.56. The molecule has 3 atom stereocenters. The van der Waals surface area contributed by atoms with Crippen LogP contribution in [0.4, 0.5) is 5.69 Å². The maximum Gasteiger partial charge on any atom is 0.313 e. The molecule has 4 amide bonds. The van der Waals surface area contributed by atoms with Gasteiger partial charge in [0.05, 0.1) is 10.9 Å². The standard InChI is InChI=1S/C26H35ClN6O4S/c1-15(38-22-14-33(4)12-11-19(22)28)23(34)31-21-13-16(26(37)32(2)3)5-10-20(21)30-25(36)24(35)29-18-8-6-17(27)7-9-18/h6-9,16,20-21H,1,5,10-14,28H2,2-4H3,(H,29,35)(H,30,36)(H,31,34)/t16-,20-,21+/m0/s1. The molecule has 1 fully saturated rings. The molecule has 206 valence electrons. The molecule has 1 aliphatic carbocycles. The first-order valence-electron chi connectivity index (χ1n) is 12.4. The maximum atomic E-state index is 13.1. The second kappa shape index (κ2) is 13.2. The quantitative estimate of drug-likeness (QED) is 0.294. The van der Waals surface area contributed by atoms with E-state index in [-0.39, 0.29) is 16.7 Å². The van der Waals surface area contributed by atoms with Crippen molar-refractivity contribution in [3.8, 4) is 0 Å². The molecule has 1 saturated carbocycles. The number of thioether (sulfide) groups is 1. The molecule has 1 aromatic carbocycles. The highest BCUT2D eigenvalue weighted by Gasteiger charge is 2.37. The minimum atomic E-state index is -0.840. The summed E-state index contributed by atoms with van der Waals surface area (Å²) in [6, 6.07) is 5.26. The number of likely N-dealkylation sites (N-methyl/N-ethyl adjacent to an activating group) is 1. The number of carbonyl (C=O) groups is 4. The van der Waals surface area contributed by atoms with Gasteiger partial charge in [0.15, 0.2) is 0 Å². The lowest BCUT2D eigenvalue weighted by Gasteiger charge is -2.37. The molecule has 5 N–H and O–H groups in total. The van der Waals surface area contributed by atoms with Crippen LogP contribution in [0, 0.1) is 5.92 Å². The molecule has 0 saturated heterocycles. The number of halogens is 1. The van der Waals surface area contributed by atoms with E-state index in [0.29, 0.717) is 36.5 Å². The van der Waals surface area contributed by atoms with Crippen molar-refractivity contribution in [2.24, 2.45) is 11.7 Å². The summed E-state index contributed by atoms with van der Waals surface area (Å²) >= 11 is 7.10. The highest BCUT2D eigenvalue weighted by Crippen LogP contribution is 2.31. The molecule has 0 unspecified atom stereocenters. The van der Waals surface area contributed by atoms with Gasteiger partial charge in [-0.3, -0.25) is 19.2 Å². The normalized spacial score (nSPS) is 21.8. The van der Waals surface area contributed by atoms with E-state index in [9.17, 15) is 19.2 Å². The first-order chi connectivity index (χ1) is 17.9. The van der Waals surface area contributed by atoms with E-state index < -0.39 is 29.8 Å². The van der Waals surface area contributed by atoms with Gasteiger partial charge in [-0.25, -0.2) is 0 Å². The van der Waals surface area contributed by atoms with Gasteiger partial charge in [-0.2, -0.15) is 0 Å². The zero-order valence-corrected chi connectivity index (χ0v) is 23.5. The smallest absolute Gasteiger partial charge is 0.313 e. The van der Waals surface area contributed by atoms with Crippen molar-refractivity contribution in [3.63, 3.8) is 0 Å². The number of amides is 4. The summed E-state index contributed by atoms with van der Waals surface area (Å²) in [6.07, 6.45) is 1.96. The van der Waals surface area contributed by atoms with Gasteiger partial charge < -0.3 is 31.5 Å². The average molecular weight is 563 g/mol. The Kier molecular flexibility index (Phi) is 10.2. The van der Waals surface area contributed by atoms with Crippen LogP contribution < -0.4 is 21.7 Å². The van der Waals surface area contributed by atoms with Gasteiger partial charge >= 0.3 is 11.8 Å². The molecular weight excluding hydrogens is 528 g/mol. The van der Waals surface area contributed by atoms with Crippen molar-refractivity contribution in [1.29, 1.82) is 0 Å². The van der Waals surface area contributed by atoms with Crippen LogP contribution in [0.1, 0.15) is 25.7 Å². The maximum absolute atomic E-state index is 13.1. The van der Waals surface area contributed by atoms with Crippen LogP contribution in [0.2, 0.25) is 5.02 Å². The number of carbonyl (C=O) groups excluding carboxylic acids is 4. The van der Waals surface area contributed by atoms with Crippen LogP contribution in [-0.2, 0) is 19.2 Å². The zero-order chi connectivity index (χ0) is 28.0. The first kappa shape index (κ1) is 29.5. The summed E-state index contributed by atoms with van der Waals surface area (Å²) in [5.74, 6) is -2.45. The summed E-state index contributed by atoms with van der Waals surface area (Å²) in [7, 11) is 5.35. The molecule has 1 aromatic rings. The van der Waals surface area contributed by atoms with E-state index in [4.69, 9.17) is 17.3 Å². The first-order valence-corrected chi connectivity index (χ1v) is 13.6. The number of rotatable bonds is 7. The Morgan fingerprint density at radius 3 is 2.37 bits per heavy atom. The third-order valence-corrected chi connectivity index (χ3v) is 7.94. The van der Waals surface area contributed by atoms with Crippen LogP contribution in [0.15, 0.2) is 46.4 Å². The van der Waals surface area contributed by atoms with Crippen LogP contribution in [0.5, 0.6) is 0 Å². The van der Waals surface area contributed by atoms with Crippen molar-refractivity contribution < 1.29 is 19.2 Å². The second-order valence-corrected chi connectivity index (χ2v) is 11.5. The van der Waals surface area contributed by atoms with Gasteiger partial charge in [-0.05, 0) is 50.6 Å². The molecular formula is C26H35ClN6O4S. The predicted octanol–water partition coefficient (Wildman–Crippen LogP) is 1.89. The van der Waals surface area contributed by atoms with E-state index in [1.165, 1.54) is 16.7 Å². The number of nitrogens with one attached hydrogen (secondary N) is 3. The van der Waals surface area contributed by atoms with E-state index in [2.05, 4.69) is 27.4 Å². The van der Waals surface area contributed by atoms with Crippen LogP contribution in [0.25, 0.3) is 0 Å². The van der Waals surface area contributed by atoms with Crippen molar-refractivity contribution >= 4 is 52.7 Å². The number of benzene rings is 1. The molecule has 2 aliphatic rings. The molecule has 3 rings (SSSR count). The monoisotopic (exact) mass is 562 g/mol. The zero-order valence-electron chi connectivity index (χ0n) is 21.9. The summed E-state index contributed by atoms with van der Waals surface area (Å²) in [5, 5.41) is 8.71. The van der Waals surface area contributed by atoms with E-state index in [0.717, 1.165) is 23.6 Å². The summed E-state index contributed by atoms with van der Waals surface area (Å²) in [6.45, 7) is 5.41. The Morgan fingerprint density at radius 1 is 1.05 bits per heavy atom. The fraction of sp³-hybridized carbons (Fsp3) is 0.462. The number of anilines is 1. The highest BCUT2D eigenvalue weighted by atomic mass is 35.5. The minimum Gasteiger partial charge on any atom is -0.401 e. The molecule has 38 heavy (non-hydrogen) atoms. The molecule has 0 spiro atoms. The van der Waals surface area contributed by atoms with Gasteiger partial charge in [0.1, 0.15) is 0 Å². The predicted molar refractivity (Wildman–Crippen MR) is 150 cm³/mol. The number of hydrogen-bond donors (Lipinski definition) is 4. The summed E-state index contributed by atoms with van der Waals surface area (Å²) in [5.41, 5.74) is 7.32. The van der Waals surface area contributed by atoms with Crippen LogP contribution in [0.3, 0.4) is 0 Å². The summed E-state index contributed by atoms with van der Waals surface area (Å²) in [4.78, 5) is 55.8. The van der Waals surface area contributed by atoms with Gasteiger partial charge in [-0.15, -0.1) is 0 Å². The van der Waals surface area contributed by atoms with Gasteiger partial charge in [-0.1, -0.05) is 29.9 Å². The van der Waals surface area contributed by atoms with Crippen molar-refractivity contribution in [2.45, 2.75) is 37.8 Å². The highest BCUT2D eigenvalue weighted by molar-refractivity contribution is 8.07. The van der Waals surface area contributed by atoms with Gasteiger partial charge in [0.25, 0.3) is 5.91 Å². The average Bonchev–Trinajstić information content (AvgIpc) is 2.87. The molecule has 0 bridgehead atoms. The van der Waals surface area contributed by atoms with E-state index in [1.54, 1.807) is 38.4 Å². The number of nitrogens with zero attached hydrogens (tertiary/aromatic N) is 2. The van der Waals surface area contributed by atoms with Gasteiger partial charge in [0, 0.05) is 66.9 Å². The Morgan fingerprint density at radius 2 is 1.71 bits per heavy atom. The van der Waals surface area contributed by atoms with Gasteiger partial charge in [0.2, 0.25) is 5.91 Å². The molecule has 1 aliphatic heterocycles. The second-order valence-electron chi connectivity index (χ2n) is 9.83. The molecule has 0 radical (unpaired) electrons. The van der Waals surface area contributed by atoms with E-state index >= 15 is 0 Å². The lowest BCUT2D eigenvalue weighted by molar-refractivity contribution is -0.138. The Labute approximate surface area is 232 Å². The van der Waals surface area contributed by atoms with E-state index in [1.807, 2.05) is 7.05 Å². The SMILES string of the molecule is C=C(SC1=C(N)CCN(C)C1)C(=O)N[C@@H]1C[C@@H](C(=O)N(C)C)CC[C@@H]1NC(=O)C(=O)Nc1ccc(Cl)cc1. The van der Waals surface area contributed by atoms with Crippen molar-refractivity contribution in [3.05, 3.63) is 51.4 Å². The fourth-order valence-electron chi connectivity index (χ4n) is 4.47. The lowest BCUT2D eigenvalue weighted by Crippen LogP contribution is -2.57. The molecule has 1 heterocycles. The van der Waals surface area contributed by atoms with Crippen LogP contribution >= 0.6 is 23.4 Å². The largest absolute Gasteiger partial charge is 0.401 e. The lowest BCUT2D eigenvalue weighted by atomic mass is 9.81. The number of nitrogens with two attached hydrogens (primary N) is 1. The third-order valence-electron chi connectivity index (χ3n) is 6.62. The molecule has 12 heteroatoms. The number of hydrogen-bond acceptors (Lipinski definition) is 7. The van der Waals surface area contributed by atoms with Crippen molar-refractivity contribution in [2.75, 3.05) is 39.5 Å². The Balaban J connectivity index is 1.68.